The third-order valence-electron chi connectivity index (χ3n) is 3.71. The zero-order valence-electron chi connectivity index (χ0n) is 15.1. The molecule has 0 saturated heterocycles. The number of amides is 1. The van der Waals surface area contributed by atoms with Gasteiger partial charge in [-0.2, -0.15) is 0 Å². The van der Waals surface area contributed by atoms with E-state index in [-0.39, 0.29) is 11.6 Å². The highest BCUT2D eigenvalue weighted by atomic mass is 32.1. The molecule has 1 amide bonds. The lowest BCUT2D eigenvalue weighted by Gasteiger charge is -2.05. The quantitative estimate of drug-likeness (QED) is 0.675. The van der Waals surface area contributed by atoms with Gasteiger partial charge < -0.3 is 9.72 Å². The van der Waals surface area contributed by atoms with Crippen LogP contribution in [0.4, 0.5) is 5.13 Å². The van der Waals surface area contributed by atoms with Gasteiger partial charge in [0.05, 0.1) is 7.11 Å². The number of ether oxygens (including phenoxy) is 1. The molecule has 27 heavy (non-hydrogen) atoms. The Hall–Kier alpha value is -3.07. The maximum Gasteiger partial charge on any atom is 0.276 e. The van der Waals surface area contributed by atoms with Crippen molar-refractivity contribution in [2.75, 3.05) is 12.4 Å². The first-order chi connectivity index (χ1) is 12.9. The highest BCUT2D eigenvalue weighted by Gasteiger charge is 2.14. The minimum atomic E-state index is -0.497. The molecule has 2 heterocycles. The molecule has 2 aromatic heterocycles. The first-order valence-electron chi connectivity index (χ1n) is 8.32. The second kappa shape index (κ2) is 8.09. The Bertz CT molecular complexity index is 995. The van der Waals surface area contributed by atoms with Crippen molar-refractivity contribution in [3.63, 3.8) is 0 Å². The SMILES string of the molecule is COc1ccc(Cc2nc(C(=O)Nc3nnc(C(C)C)s3)cc(=O)[nH]2)cc1. The molecule has 0 aliphatic heterocycles. The average molecular weight is 385 g/mol. The average Bonchev–Trinajstić information content (AvgIpc) is 3.10. The first kappa shape index (κ1) is 18.7. The zero-order valence-corrected chi connectivity index (χ0v) is 16.0. The minimum absolute atomic E-state index is 0.0311. The number of carbonyl (C=O) groups excluding carboxylic acids is 1. The van der Waals surface area contributed by atoms with Crippen molar-refractivity contribution < 1.29 is 9.53 Å². The van der Waals surface area contributed by atoms with Gasteiger partial charge in [0, 0.05) is 18.4 Å². The number of hydrogen-bond acceptors (Lipinski definition) is 7. The molecule has 0 aliphatic rings. The van der Waals surface area contributed by atoms with Gasteiger partial charge in [-0.1, -0.05) is 37.3 Å². The van der Waals surface area contributed by atoms with E-state index in [2.05, 4.69) is 25.5 Å². The molecule has 0 fully saturated rings. The fourth-order valence-corrected chi connectivity index (χ4v) is 3.07. The zero-order chi connectivity index (χ0) is 19.4. The van der Waals surface area contributed by atoms with Crippen molar-refractivity contribution in [2.45, 2.75) is 26.2 Å². The lowest BCUT2D eigenvalue weighted by Crippen LogP contribution is -2.20. The summed E-state index contributed by atoms with van der Waals surface area (Å²) in [7, 11) is 1.60. The fourth-order valence-electron chi connectivity index (χ4n) is 2.32. The van der Waals surface area contributed by atoms with Gasteiger partial charge in [0.1, 0.15) is 22.3 Å². The number of H-pyrrole nitrogens is 1. The van der Waals surface area contributed by atoms with E-state index in [1.54, 1.807) is 7.11 Å². The number of nitrogens with zero attached hydrogens (tertiary/aromatic N) is 3. The third-order valence-corrected chi connectivity index (χ3v) is 4.85. The Balaban J connectivity index is 1.77. The van der Waals surface area contributed by atoms with Crippen molar-refractivity contribution in [3.05, 3.63) is 62.8 Å². The summed E-state index contributed by atoms with van der Waals surface area (Å²) in [6, 6.07) is 8.56. The van der Waals surface area contributed by atoms with Crippen LogP contribution in [0.1, 0.15) is 46.6 Å². The maximum atomic E-state index is 12.4. The third kappa shape index (κ3) is 4.76. The molecule has 3 rings (SSSR count). The standard InChI is InChI=1S/C18H19N5O3S/c1-10(2)17-22-23-18(27-17)21-16(25)13-9-15(24)20-14(19-13)8-11-4-6-12(26-3)7-5-11/h4-7,9-10H,8H2,1-3H3,(H,19,20,24)(H,21,23,25). The lowest BCUT2D eigenvalue weighted by molar-refractivity contribution is 0.102. The van der Waals surface area contributed by atoms with Gasteiger partial charge in [-0.05, 0) is 17.7 Å². The number of benzene rings is 1. The molecule has 0 aliphatic carbocycles. The molecule has 0 saturated carbocycles. The van der Waals surface area contributed by atoms with E-state index in [9.17, 15) is 9.59 Å². The van der Waals surface area contributed by atoms with Gasteiger partial charge in [0.2, 0.25) is 5.13 Å². The number of nitrogens with one attached hydrogen (secondary N) is 2. The first-order valence-corrected chi connectivity index (χ1v) is 9.14. The number of methoxy groups -OCH3 is 1. The summed E-state index contributed by atoms with van der Waals surface area (Å²) in [5, 5.41) is 11.8. The van der Waals surface area contributed by atoms with E-state index >= 15 is 0 Å². The van der Waals surface area contributed by atoms with Crippen LogP contribution in [0.15, 0.2) is 35.1 Å². The molecule has 8 nitrogen and oxygen atoms in total. The lowest BCUT2D eigenvalue weighted by atomic mass is 10.1. The highest BCUT2D eigenvalue weighted by Crippen LogP contribution is 2.22. The Morgan fingerprint density at radius 1 is 1.26 bits per heavy atom. The van der Waals surface area contributed by atoms with E-state index < -0.39 is 11.5 Å². The second-order valence-corrected chi connectivity index (χ2v) is 7.17. The molecule has 1 aromatic carbocycles. The van der Waals surface area contributed by atoms with Crippen molar-refractivity contribution in [1.29, 1.82) is 0 Å². The summed E-state index contributed by atoms with van der Waals surface area (Å²) >= 11 is 1.30. The summed E-state index contributed by atoms with van der Waals surface area (Å²) < 4.78 is 5.13. The Kier molecular flexibility index (Phi) is 5.60. The van der Waals surface area contributed by atoms with Crippen LogP contribution in [0.2, 0.25) is 0 Å². The molecule has 0 unspecified atom stereocenters. The Morgan fingerprint density at radius 3 is 2.63 bits per heavy atom. The van der Waals surface area contributed by atoms with Crippen molar-refractivity contribution in [1.82, 2.24) is 20.2 Å². The van der Waals surface area contributed by atoms with E-state index in [4.69, 9.17) is 4.74 Å². The van der Waals surface area contributed by atoms with Crippen LogP contribution in [0, 0.1) is 0 Å². The number of carbonyl (C=O) groups is 1. The summed E-state index contributed by atoms with van der Waals surface area (Å²) in [5.41, 5.74) is 0.574. The summed E-state index contributed by atoms with van der Waals surface area (Å²) in [6.45, 7) is 3.99. The summed E-state index contributed by atoms with van der Waals surface area (Å²) in [5.74, 6) is 0.870. The number of hydrogen-bond donors (Lipinski definition) is 2. The molecule has 0 radical (unpaired) electrons. The minimum Gasteiger partial charge on any atom is -0.497 e. The molecule has 0 atom stereocenters. The van der Waals surface area contributed by atoms with Crippen LogP contribution in [0.25, 0.3) is 0 Å². The molecule has 140 valence electrons. The van der Waals surface area contributed by atoms with Gasteiger partial charge in [-0.3, -0.25) is 14.9 Å². The van der Waals surface area contributed by atoms with Gasteiger partial charge in [-0.15, -0.1) is 10.2 Å². The predicted octanol–water partition coefficient (Wildman–Crippen LogP) is 2.60. The van der Waals surface area contributed by atoms with Crippen LogP contribution >= 0.6 is 11.3 Å². The molecule has 0 bridgehead atoms. The molecular weight excluding hydrogens is 366 g/mol. The second-order valence-electron chi connectivity index (χ2n) is 6.16. The van der Waals surface area contributed by atoms with Gasteiger partial charge in [0.25, 0.3) is 11.5 Å². The van der Waals surface area contributed by atoms with E-state index in [1.165, 1.54) is 11.3 Å². The molecule has 3 aromatic rings. The van der Waals surface area contributed by atoms with Crippen molar-refractivity contribution in [3.8, 4) is 5.75 Å². The van der Waals surface area contributed by atoms with E-state index in [0.29, 0.717) is 17.4 Å². The summed E-state index contributed by atoms with van der Waals surface area (Å²) in [6.07, 6.45) is 0.386. The number of anilines is 1. The Labute approximate surface area is 159 Å². The van der Waals surface area contributed by atoms with Crippen LogP contribution in [-0.4, -0.2) is 33.2 Å². The monoisotopic (exact) mass is 385 g/mol. The predicted molar refractivity (Wildman–Crippen MR) is 103 cm³/mol. The topological polar surface area (TPSA) is 110 Å². The summed E-state index contributed by atoms with van der Waals surface area (Å²) in [4.78, 5) is 31.3. The fraction of sp³-hybridized carbons (Fsp3) is 0.278. The molecule has 2 N–H and O–H groups in total. The normalized spacial score (nSPS) is 10.8. The van der Waals surface area contributed by atoms with Crippen LogP contribution in [-0.2, 0) is 6.42 Å². The van der Waals surface area contributed by atoms with Gasteiger partial charge in [-0.25, -0.2) is 4.98 Å². The van der Waals surface area contributed by atoms with Crippen molar-refractivity contribution >= 4 is 22.4 Å². The number of aromatic nitrogens is 4. The van der Waals surface area contributed by atoms with Crippen LogP contribution in [0.5, 0.6) is 5.75 Å². The smallest absolute Gasteiger partial charge is 0.276 e. The maximum absolute atomic E-state index is 12.4. The number of rotatable bonds is 6. The Morgan fingerprint density at radius 2 is 2.00 bits per heavy atom. The largest absolute Gasteiger partial charge is 0.497 e. The van der Waals surface area contributed by atoms with Gasteiger partial charge >= 0.3 is 0 Å². The van der Waals surface area contributed by atoms with Gasteiger partial charge in [0.15, 0.2) is 0 Å². The highest BCUT2D eigenvalue weighted by molar-refractivity contribution is 7.15. The van der Waals surface area contributed by atoms with Crippen LogP contribution in [0.3, 0.4) is 0 Å². The number of aromatic amines is 1. The van der Waals surface area contributed by atoms with E-state index in [1.807, 2.05) is 38.1 Å². The van der Waals surface area contributed by atoms with Crippen molar-refractivity contribution in [2.24, 2.45) is 0 Å². The van der Waals surface area contributed by atoms with Crippen LogP contribution < -0.4 is 15.6 Å². The van der Waals surface area contributed by atoms with E-state index in [0.717, 1.165) is 22.4 Å². The molecule has 0 spiro atoms. The molecule has 9 heteroatoms. The molecular formula is C18H19N5O3S.